The molecule has 0 bridgehead atoms. The smallest absolute Gasteiger partial charge is 0.0774 e. The van der Waals surface area contributed by atoms with Gasteiger partial charge in [-0.1, -0.05) is 12.8 Å². The van der Waals surface area contributed by atoms with Crippen molar-refractivity contribution in [2.45, 2.75) is 31.3 Å². The Kier molecular flexibility index (Phi) is 2.49. The molecule has 2 heterocycles. The highest BCUT2D eigenvalue weighted by Gasteiger charge is 2.40. The quantitative estimate of drug-likeness (QED) is 0.694. The van der Waals surface area contributed by atoms with Crippen molar-refractivity contribution < 1.29 is 5.11 Å². The Balaban J connectivity index is 1.56. The van der Waals surface area contributed by atoms with Crippen LogP contribution in [0, 0.1) is 11.8 Å². The molecule has 3 aliphatic rings. The Hall–Kier alpha value is -0.120. The van der Waals surface area contributed by atoms with Crippen molar-refractivity contribution in [1.82, 2.24) is 10.2 Å². The Morgan fingerprint density at radius 1 is 1.13 bits per heavy atom. The van der Waals surface area contributed by atoms with Gasteiger partial charge in [-0.15, -0.1) is 0 Å². The molecule has 0 aromatic rings. The summed E-state index contributed by atoms with van der Waals surface area (Å²) in [7, 11) is 0. The van der Waals surface area contributed by atoms with Crippen molar-refractivity contribution in [2.24, 2.45) is 11.8 Å². The summed E-state index contributed by atoms with van der Waals surface area (Å²) >= 11 is 0. The summed E-state index contributed by atoms with van der Waals surface area (Å²) in [5.41, 5.74) is -0.341. The molecule has 3 fully saturated rings. The second-order valence-corrected chi connectivity index (χ2v) is 5.80. The Bertz CT molecular complexity index is 226. The molecule has 2 aliphatic heterocycles. The first-order valence-corrected chi connectivity index (χ1v) is 6.41. The molecule has 0 aromatic heterocycles. The number of hydrogen-bond acceptors (Lipinski definition) is 3. The van der Waals surface area contributed by atoms with Gasteiger partial charge >= 0.3 is 0 Å². The van der Waals surface area contributed by atoms with Crippen LogP contribution in [0.2, 0.25) is 0 Å². The molecule has 2 unspecified atom stereocenters. The van der Waals surface area contributed by atoms with Crippen LogP contribution in [-0.2, 0) is 0 Å². The topological polar surface area (TPSA) is 35.5 Å². The van der Waals surface area contributed by atoms with E-state index in [1.165, 1.54) is 39.0 Å². The molecule has 1 aliphatic carbocycles. The maximum Gasteiger partial charge on any atom is 0.0774 e. The van der Waals surface area contributed by atoms with E-state index in [2.05, 4.69) is 10.2 Å². The molecule has 3 heteroatoms. The lowest BCUT2D eigenvalue weighted by atomic mass is 10.0. The summed E-state index contributed by atoms with van der Waals surface area (Å²) in [5, 5.41) is 13.8. The summed E-state index contributed by atoms with van der Waals surface area (Å²) < 4.78 is 0. The van der Waals surface area contributed by atoms with Crippen LogP contribution in [0.1, 0.15) is 25.7 Å². The van der Waals surface area contributed by atoms with Gasteiger partial charge in [-0.3, -0.25) is 4.90 Å². The lowest BCUT2D eigenvalue weighted by molar-refractivity contribution is 0.0139. The van der Waals surface area contributed by atoms with E-state index in [-0.39, 0.29) is 5.60 Å². The minimum atomic E-state index is -0.341. The molecule has 3 nitrogen and oxygen atoms in total. The van der Waals surface area contributed by atoms with Crippen LogP contribution in [-0.4, -0.2) is 48.3 Å². The summed E-state index contributed by atoms with van der Waals surface area (Å²) in [6.45, 7) is 5.74. The summed E-state index contributed by atoms with van der Waals surface area (Å²) in [6.07, 6.45) is 4.49. The largest absolute Gasteiger partial charge is 0.389 e. The van der Waals surface area contributed by atoms with Crippen LogP contribution >= 0.6 is 0 Å². The first-order chi connectivity index (χ1) is 7.25. The van der Waals surface area contributed by atoms with Crippen LogP contribution < -0.4 is 5.32 Å². The minimum Gasteiger partial charge on any atom is -0.389 e. The van der Waals surface area contributed by atoms with Gasteiger partial charge < -0.3 is 10.4 Å². The summed E-state index contributed by atoms with van der Waals surface area (Å²) in [4.78, 5) is 2.50. The lowest BCUT2D eigenvalue weighted by Gasteiger charge is -2.28. The first-order valence-electron chi connectivity index (χ1n) is 6.41. The van der Waals surface area contributed by atoms with Gasteiger partial charge in [0.15, 0.2) is 0 Å². The number of nitrogens with one attached hydrogen (secondary N) is 1. The number of β-amino-alcohol motifs (C(OH)–C–C–N with tert-alkyl or cyclic N) is 1. The molecule has 1 saturated carbocycles. The molecule has 0 spiro atoms. The molecule has 2 atom stereocenters. The predicted molar refractivity (Wildman–Crippen MR) is 59.7 cm³/mol. The van der Waals surface area contributed by atoms with Crippen LogP contribution in [0.25, 0.3) is 0 Å². The molecule has 2 N–H and O–H groups in total. The molecule has 2 saturated heterocycles. The van der Waals surface area contributed by atoms with Crippen molar-refractivity contribution in [2.75, 3.05) is 32.7 Å². The maximum atomic E-state index is 10.4. The highest BCUT2D eigenvalue weighted by molar-refractivity contribution is 4.95. The number of hydrogen-bond donors (Lipinski definition) is 2. The van der Waals surface area contributed by atoms with E-state index in [0.717, 1.165) is 31.2 Å². The molecule has 0 amide bonds. The molecule has 0 radical (unpaired) electrons. The second kappa shape index (κ2) is 3.72. The average Bonchev–Trinajstić information content (AvgIpc) is 2.80. The highest BCUT2D eigenvalue weighted by Crippen LogP contribution is 2.33. The van der Waals surface area contributed by atoms with Crippen molar-refractivity contribution in [3.05, 3.63) is 0 Å². The van der Waals surface area contributed by atoms with Crippen LogP contribution in [0.15, 0.2) is 0 Å². The third kappa shape index (κ3) is 1.93. The fourth-order valence-corrected chi connectivity index (χ4v) is 3.69. The van der Waals surface area contributed by atoms with Gasteiger partial charge in [-0.05, 0) is 37.8 Å². The van der Waals surface area contributed by atoms with Crippen molar-refractivity contribution in [3.8, 4) is 0 Å². The van der Waals surface area contributed by atoms with Gasteiger partial charge in [0.05, 0.1) is 5.60 Å². The van der Waals surface area contributed by atoms with Crippen molar-refractivity contribution in [1.29, 1.82) is 0 Å². The molecular formula is C12H22N2O. The van der Waals surface area contributed by atoms with Crippen molar-refractivity contribution in [3.63, 3.8) is 0 Å². The second-order valence-electron chi connectivity index (χ2n) is 5.80. The van der Waals surface area contributed by atoms with Crippen LogP contribution in [0.3, 0.4) is 0 Å². The number of likely N-dealkylation sites (tertiary alicyclic amines) is 1. The Labute approximate surface area is 91.8 Å². The molecule has 0 aromatic carbocycles. The van der Waals surface area contributed by atoms with Gasteiger partial charge in [0.25, 0.3) is 0 Å². The van der Waals surface area contributed by atoms with Crippen LogP contribution in [0.4, 0.5) is 0 Å². The van der Waals surface area contributed by atoms with Gasteiger partial charge in [0.1, 0.15) is 0 Å². The maximum absolute atomic E-state index is 10.4. The number of rotatable bonds is 2. The standard InChI is InChI=1S/C12H22N2O/c15-12(3-1-2-4-12)9-14-7-10-5-13-6-11(10)8-14/h10-11,13,15H,1-9H2. The zero-order valence-electron chi connectivity index (χ0n) is 9.41. The molecule has 86 valence electrons. The van der Waals surface area contributed by atoms with E-state index in [1.807, 2.05) is 0 Å². The van der Waals surface area contributed by atoms with E-state index in [0.29, 0.717) is 0 Å². The summed E-state index contributed by atoms with van der Waals surface area (Å²) in [6, 6.07) is 0. The molecule has 3 rings (SSSR count). The zero-order valence-corrected chi connectivity index (χ0v) is 9.41. The monoisotopic (exact) mass is 210 g/mol. The van der Waals surface area contributed by atoms with E-state index in [1.54, 1.807) is 0 Å². The van der Waals surface area contributed by atoms with Gasteiger partial charge in [-0.25, -0.2) is 0 Å². The third-order valence-corrected chi connectivity index (χ3v) is 4.52. The SMILES string of the molecule is OC1(CN2CC3CNCC3C2)CCCC1. The fraction of sp³-hybridized carbons (Fsp3) is 1.00. The van der Waals surface area contributed by atoms with Gasteiger partial charge in [0, 0.05) is 19.6 Å². The number of nitrogens with zero attached hydrogens (tertiary/aromatic N) is 1. The van der Waals surface area contributed by atoms with E-state index < -0.39 is 0 Å². The van der Waals surface area contributed by atoms with E-state index >= 15 is 0 Å². The van der Waals surface area contributed by atoms with Crippen LogP contribution in [0.5, 0.6) is 0 Å². The average molecular weight is 210 g/mol. The number of aliphatic hydroxyl groups is 1. The van der Waals surface area contributed by atoms with Gasteiger partial charge in [0.2, 0.25) is 0 Å². The lowest BCUT2D eigenvalue weighted by Crippen LogP contribution is -2.41. The minimum absolute atomic E-state index is 0.341. The summed E-state index contributed by atoms with van der Waals surface area (Å²) in [5.74, 6) is 1.71. The fourth-order valence-electron chi connectivity index (χ4n) is 3.69. The van der Waals surface area contributed by atoms with Crippen molar-refractivity contribution >= 4 is 0 Å². The Morgan fingerprint density at radius 3 is 2.33 bits per heavy atom. The molecule has 15 heavy (non-hydrogen) atoms. The highest BCUT2D eigenvalue weighted by atomic mass is 16.3. The molecular weight excluding hydrogens is 188 g/mol. The first kappa shape index (κ1) is 10.1. The third-order valence-electron chi connectivity index (χ3n) is 4.52. The normalized spacial score (nSPS) is 39.8. The van der Waals surface area contributed by atoms with E-state index in [9.17, 15) is 5.11 Å². The van der Waals surface area contributed by atoms with E-state index in [4.69, 9.17) is 0 Å². The Morgan fingerprint density at radius 2 is 1.73 bits per heavy atom. The number of fused-ring (bicyclic) bond motifs is 1. The predicted octanol–water partition coefficient (Wildman–Crippen LogP) is 0.443. The zero-order chi connectivity index (χ0) is 10.3. The van der Waals surface area contributed by atoms with Gasteiger partial charge in [-0.2, -0.15) is 0 Å².